The zero-order valence-electron chi connectivity index (χ0n) is 10.2. The molecule has 0 spiro atoms. The van der Waals surface area contributed by atoms with Crippen LogP contribution in [0.2, 0.25) is 0 Å². The Kier molecular flexibility index (Phi) is 5.27. The Bertz CT molecular complexity index is 402. The summed E-state index contributed by atoms with van der Waals surface area (Å²) < 4.78 is 24.5. The third-order valence-corrected chi connectivity index (χ3v) is 3.50. The van der Waals surface area contributed by atoms with Crippen molar-refractivity contribution in [1.29, 1.82) is 0 Å². The Hall–Kier alpha value is -1.24. The third-order valence-electron chi connectivity index (χ3n) is 2.20. The van der Waals surface area contributed by atoms with Crippen LogP contribution in [-0.2, 0) is 10.8 Å². The minimum Gasteiger partial charge on any atom is -0.366 e. The van der Waals surface area contributed by atoms with E-state index in [2.05, 4.69) is 20.6 Å². The first kappa shape index (κ1) is 13.8. The van der Waals surface area contributed by atoms with Crippen molar-refractivity contribution >= 4 is 22.6 Å². The van der Waals surface area contributed by atoms with Crippen molar-refractivity contribution in [3.8, 4) is 0 Å². The van der Waals surface area contributed by atoms with Crippen LogP contribution in [0.5, 0.6) is 0 Å². The normalized spacial score (nSPS) is 14.1. The summed E-state index contributed by atoms with van der Waals surface area (Å²) in [6.45, 7) is 4.80. The van der Waals surface area contributed by atoms with Crippen LogP contribution in [0.4, 0.5) is 16.2 Å². The molecule has 0 saturated heterocycles. The number of anilines is 2. The Morgan fingerprint density at radius 3 is 2.82 bits per heavy atom. The molecular weight excluding hydrogens is 243 g/mol. The van der Waals surface area contributed by atoms with Crippen LogP contribution in [0.1, 0.15) is 13.8 Å². The van der Waals surface area contributed by atoms with Crippen LogP contribution in [0.3, 0.4) is 0 Å². The maximum absolute atomic E-state index is 13.4. The van der Waals surface area contributed by atoms with E-state index in [1.54, 1.807) is 6.26 Å². The van der Waals surface area contributed by atoms with E-state index in [1.165, 1.54) is 0 Å². The standard InChI is InChI=1S/C10H17FN4OS/c1-4-12-10-14-6-8(11)9(15-10)13-5-7(2)17(3)16/h6-7H,4-5H2,1-3H3,(H2,12,13,14,15). The van der Waals surface area contributed by atoms with Crippen molar-refractivity contribution in [1.82, 2.24) is 9.97 Å². The van der Waals surface area contributed by atoms with Crippen LogP contribution in [0.25, 0.3) is 0 Å². The molecule has 2 N–H and O–H groups in total. The molecule has 0 amide bonds. The van der Waals surface area contributed by atoms with Crippen molar-refractivity contribution in [3.63, 3.8) is 0 Å². The second-order valence-corrected chi connectivity index (χ2v) is 5.41. The molecule has 0 aliphatic heterocycles. The van der Waals surface area contributed by atoms with E-state index < -0.39 is 16.6 Å². The fraction of sp³-hybridized carbons (Fsp3) is 0.600. The lowest BCUT2D eigenvalue weighted by atomic mass is 10.4. The molecule has 1 aromatic heterocycles. The van der Waals surface area contributed by atoms with Crippen molar-refractivity contribution in [2.45, 2.75) is 19.1 Å². The molecule has 2 atom stereocenters. The molecule has 0 radical (unpaired) electrons. The van der Waals surface area contributed by atoms with Gasteiger partial charge in [0.2, 0.25) is 5.95 Å². The van der Waals surface area contributed by atoms with Gasteiger partial charge in [-0.15, -0.1) is 0 Å². The van der Waals surface area contributed by atoms with Crippen LogP contribution in [0.15, 0.2) is 6.20 Å². The van der Waals surface area contributed by atoms with Gasteiger partial charge in [-0.1, -0.05) is 0 Å². The quantitative estimate of drug-likeness (QED) is 0.805. The molecule has 0 saturated carbocycles. The summed E-state index contributed by atoms with van der Waals surface area (Å²) in [5, 5.41) is 5.67. The Morgan fingerprint density at radius 2 is 2.24 bits per heavy atom. The van der Waals surface area contributed by atoms with Gasteiger partial charge >= 0.3 is 0 Å². The maximum atomic E-state index is 13.4. The summed E-state index contributed by atoms with van der Waals surface area (Å²) in [6, 6.07) is 0. The number of hydrogen-bond acceptors (Lipinski definition) is 5. The molecule has 1 aromatic rings. The fourth-order valence-corrected chi connectivity index (χ4v) is 1.41. The summed E-state index contributed by atoms with van der Waals surface area (Å²) in [5.74, 6) is -0.00402. The van der Waals surface area contributed by atoms with Crippen molar-refractivity contribution in [2.75, 3.05) is 30.0 Å². The van der Waals surface area contributed by atoms with E-state index in [-0.39, 0.29) is 11.1 Å². The highest BCUT2D eigenvalue weighted by Gasteiger charge is 2.10. The highest BCUT2D eigenvalue weighted by Crippen LogP contribution is 2.12. The molecular formula is C10H17FN4OS. The highest BCUT2D eigenvalue weighted by molar-refractivity contribution is 7.84. The molecule has 1 heterocycles. The zero-order chi connectivity index (χ0) is 12.8. The van der Waals surface area contributed by atoms with E-state index in [0.29, 0.717) is 19.0 Å². The van der Waals surface area contributed by atoms with Gasteiger partial charge in [-0.2, -0.15) is 4.98 Å². The summed E-state index contributed by atoms with van der Waals surface area (Å²) >= 11 is 0. The molecule has 17 heavy (non-hydrogen) atoms. The SMILES string of the molecule is CCNc1ncc(F)c(NCC(C)S(C)=O)n1. The number of rotatable bonds is 6. The Balaban J connectivity index is 2.69. The lowest BCUT2D eigenvalue weighted by Gasteiger charge is -2.11. The van der Waals surface area contributed by atoms with Gasteiger partial charge in [0, 0.05) is 35.4 Å². The molecule has 1 rings (SSSR count). The van der Waals surface area contributed by atoms with E-state index in [0.717, 1.165) is 6.20 Å². The number of hydrogen-bond donors (Lipinski definition) is 2. The first-order valence-corrected chi connectivity index (χ1v) is 6.99. The van der Waals surface area contributed by atoms with Gasteiger partial charge in [0.25, 0.3) is 0 Å². The van der Waals surface area contributed by atoms with Crippen molar-refractivity contribution in [3.05, 3.63) is 12.0 Å². The molecule has 96 valence electrons. The average Bonchev–Trinajstić information content (AvgIpc) is 2.29. The molecule has 5 nitrogen and oxygen atoms in total. The van der Waals surface area contributed by atoms with Gasteiger partial charge in [0.15, 0.2) is 11.6 Å². The van der Waals surface area contributed by atoms with E-state index >= 15 is 0 Å². The Morgan fingerprint density at radius 1 is 1.53 bits per heavy atom. The largest absolute Gasteiger partial charge is 0.366 e. The summed E-state index contributed by atoms with van der Waals surface area (Å²) in [7, 11) is -0.943. The summed E-state index contributed by atoms with van der Waals surface area (Å²) in [5.41, 5.74) is 0. The number of halogens is 1. The van der Waals surface area contributed by atoms with Gasteiger partial charge in [0.05, 0.1) is 6.20 Å². The minimum atomic E-state index is -0.943. The minimum absolute atomic E-state index is 0.0630. The lowest BCUT2D eigenvalue weighted by molar-refractivity contribution is 0.616. The lowest BCUT2D eigenvalue weighted by Crippen LogP contribution is -2.22. The van der Waals surface area contributed by atoms with Crippen LogP contribution < -0.4 is 10.6 Å². The topological polar surface area (TPSA) is 66.9 Å². The molecule has 0 aliphatic rings. The predicted octanol–water partition coefficient (Wildman–Crippen LogP) is 1.23. The third kappa shape index (κ3) is 4.26. The smallest absolute Gasteiger partial charge is 0.224 e. The maximum Gasteiger partial charge on any atom is 0.224 e. The summed E-state index contributed by atoms with van der Waals surface area (Å²) in [4.78, 5) is 7.78. The van der Waals surface area contributed by atoms with Crippen LogP contribution in [-0.4, -0.2) is 38.8 Å². The van der Waals surface area contributed by atoms with E-state index in [1.807, 2.05) is 13.8 Å². The fourth-order valence-electron chi connectivity index (χ4n) is 1.09. The van der Waals surface area contributed by atoms with Gasteiger partial charge in [0.1, 0.15) is 0 Å². The van der Waals surface area contributed by atoms with Gasteiger partial charge in [-0.25, -0.2) is 9.37 Å². The van der Waals surface area contributed by atoms with Crippen LogP contribution >= 0.6 is 0 Å². The number of nitrogens with one attached hydrogen (secondary N) is 2. The van der Waals surface area contributed by atoms with Gasteiger partial charge in [-0.3, -0.25) is 4.21 Å². The molecule has 7 heteroatoms. The summed E-state index contributed by atoms with van der Waals surface area (Å²) in [6.07, 6.45) is 2.73. The Labute approximate surface area is 103 Å². The molecule has 0 aliphatic carbocycles. The van der Waals surface area contributed by atoms with Crippen molar-refractivity contribution in [2.24, 2.45) is 0 Å². The zero-order valence-corrected chi connectivity index (χ0v) is 11.0. The second kappa shape index (κ2) is 6.48. The molecule has 0 bridgehead atoms. The molecule has 0 aromatic carbocycles. The number of nitrogens with zero attached hydrogens (tertiary/aromatic N) is 2. The van der Waals surface area contributed by atoms with Crippen LogP contribution in [0, 0.1) is 5.82 Å². The molecule has 0 fully saturated rings. The number of aromatic nitrogens is 2. The first-order chi connectivity index (χ1) is 8.04. The molecule has 2 unspecified atom stereocenters. The predicted molar refractivity (Wildman–Crippen MR) is 68.2 cm³/mol. The van der Waals surface area contributed by atoms with E-state index in [9.17, 15) is 8.60 Å². The average molecular weight is 260 g/mol. The van der Waals surface area contributed by atoms with Crippen molar-refractivity contribution < 1.29 is 8.60 Å². The monoisotopic (exact) mass is 260 g/mol. The van der Waals surface area contributed by atoms with Gasteiger partial charge < -0.3 is 10.6 Å². The van der Waals surface area contributed by atoms with Gasteiger partial charge in [-0.05, 0) is 13.8 Å². The highest BCUT2D eigenvalue weighted by atomic mass is 32.2. The van der Waals surface area contributed by atoms with E-state index in [4.69, 9.17) is 0 Å². The second-order valence-electron chi connectivity index (χ2n) is 3.61. The first-order valence-electron chi connectivity index (χ1n) is 5.37.